The zero-order chi connectivity index (χ0) is 15.3. The summed E-state index contributed by atoms with van der Waals surface area (Å²) in [6.45, 7) is 11.6. The standard InChI is InChI=1S/C14H28N2O3S/c1-10-9-20(17,18)7-6-16(10)8-11-12(15)14(4,5)19-13(11,2)3/h10-12H,6-9,15H2,1-5H3. The molecule has 3 atom stereocenters. The van der Waals surface area contributed by atoms with Crippen LogP contribution >= 0.6 is 0 Å². The Labute approximate surface area is 122 Å². The molecule has 118 valence electrons. The van der Waals surface area contributed by atoms with Gasteiger partial charge in [-0.1, -0.05) is 0 Å². The molecule has 0 radical (unpaired) electrons. The lowest BCUT2D eigenvalue weighted by Crippen LogP contribution is -2.53. The second kappa shape index (κ2) is 4.93. The molecule has 0 spiro atoms. The highest BCUT2D eigenvalue weighted by atomic mass is 32.2. The van der Waals surface area contributed by atoms with Gasteiger partial charge in [-0.25, -0.2) is 8.42 Å². The molecule has 2 fully saturated rings. The van der Waals surface area contributed by atoms with Crippen LogP contribution in [-0.4, -0.2) is 61.2 Å². The molecule has 2 N–H and O–H groups in total. The number of nitrogens with zero attached hydrogens (tertiary/aromatic N) is 1. The van der Waals surface area contributed by atoms with E-state index in [1.807, 2.05) is 20.8 Å². The van der Waals surface area contributed by atoms with Gasteiger partial charge >= 0.3 is 0 Å². The molecule has 2 saturated heterocycles. The van der Waals surface area contributed by atoms with Gasteiger partial charge in [-0.2, -0.15) is 0 Å². The summed E-state index contributed by atoms with van der Waals surface area (Å²) in [6, 6.07) is 0.0173. The van der Waals surface area contributed by atoms with Gasteiger partial charge in [0.1, 0.15) is 0 Å². The van der Waals surface area contributed by atoms with E-state index in [0.29, 0.717) is 6.54 Å². The Morgan fingerprint density at radius 2 is 1.85 bits per heavy atom. The summed E-state index contributed by atoms with van der Waals surface area (Å²) in [6.07, 6.45) is 0. The van der Waals surface area contributed by atoms with E-state index in [-0.39, 0.29) is 40.7 Å². The van der Waals surface area contributed by atoms with Crippen molar-refractivity contribution in [3.63, 3.8) is 0 Å². The fraction of sp³-hybridized carbons (Fsp3) is 1.00. The molecule has 6 heteroatoms. The van der Waals surface area contributed by atoms with E-state index >= 15 is 0 Å². The molecule has 2 heterocycles. The number of nitrogens with two attached hydrogens (primary N) is 1. The summed E-state index contributed by atoms with van der Waals surface area (Å²) < 4.78 is 29.4. The van der Waals surface area contributed by atoms with Gasteiger partial charge in [0.15, 0.2) is 9.84 Å². The minimum atomic E-state index is -2.87. The van der Waals surface area contributed by atoms with E-state index in [9.17, 15) is 8.42 Å². The summed E-state index contributed by atoms with van der Waals surface area (Å²) in [5.74, 6) is 0.713. The van der Waals surface area contributed by atoms with Gasteiger partial charge in [-0.15, -0.1) is 0 Å². The number of rotatable bonds is 2. The van der Waals surface area contributed by atoms with Gasteiger partial charge in [0.25, 0.3) is 0 Å². The Kier molecular flexibility index (Phi) is 4.00. The Hall–Kier alpha value is -0.170. The van der Waals surface area contributed by atoms with E-state index in [1.54, 1.807) is 0 Å². The Morgan fingerprint density at radius 1 is 1.25 bits per heavy atom. The normalized spacial score (nSPS) is 39.8. The van der Waals surface area contributed by atoms with Crippen molar-refractivity contribution >= 4 is 9.84 Å². The van der Waals surface area contributed by atoms with Crippen LogP contribution in [0.2, 0.25) is 0 Å². The molecule has 2 aliphatic rings. The van der Waals surface area contributed by atoms with Gasteiger partial charge in [0.05, 0.1) is 22.7 Å². The fourth-order valence-electron chi connectivity index (χ4n) is 3.63. The minimum Gasteiger partial charge on any atom is -0.368 e. The number of hydrogen-bond donors (Lipinski definition) is 1. The predicted octanol–water partition coefficient (Wildman–Crippen LogP) is 0.636. The largest absolute Gasteiger partial charge is 0.368 e. The molecular formula is C14H28N2O3S. The van der Waals surface area contributed by atoms with Crippen molar-refractivity contribution < 1.29 is 13.2 Å². The van der Waals surface area contributed by atoms with Crippen molar-refractivity contribution in [3.05, 3.63) is 0 Å². The first-order valence-corrected chi connectivity index (χ1v) is 9.17. The molecule has 2 aliphatic heterocycles. The van der Waals surface area contributed by atoms with Crippen LogP contribution in [0.25, 0.3) is 0 Å². The van der Waals surface area contributed by atoms with E-state index in [0.717, 1.165) is 6.54 Å². The summed E-state index contributed by atoms with van der Waals surface area (Å²) in [5.41, 5.74) is 5.77. The van der Waals surface area contributed by atoms with Crippen molar-refractivity contribution in [1.29, 1.82) is 0 Å². The van der Waals surface area contributed by atoms with Crippen LogP contribution in [0.5, 0.6) is 0 Å². The topological polar surface area (TPSA) is 72.6 Å². The summed E-state index contributed by atoms with van der Waals surface area (Å²) in [5, 5.41) is 0. The van der Waals surface area contributed by atoms with E-state index in [4.69, 9.17) is 10.5 Å². The summed E-state index contributed by atoms with van der Waals surface area (Å²) in [4.78, 5) is 2.25. The first kappa shape index (κ1) is 16.2. The highest BCUT2D eigenvalue weighted by Crippen LogP contribution is 2.41. The maximum atomic E-state index is 11.7. The van der Waals surface area contributed by atoms with Crippen LogP contribution in [0.3, 0.4) is 0 Å². The lowest BCUT2D eigenvalue weighted by Gasteiger charge is -2.38. The quantitative estimate of drug-likeness (QED) is 0.810. The zero-order valence-corrected chi connectivity index (χ0v) is 14.0. The number of ether oxygens (including phenoxy) is 1. The second-order valence-corrected chi connectivity index (χ2v) is 9.63. The van der Waals surface area contributed by atoms with Crippen LogP contribution in [-0.2, 0) is 14.6 Å². The zero-order valence-electron chi connectivity index (χ0n) is 13.2. The van der Waals surface area contributed by atoms with Crippen LogP contribution < -0.4 is 5.73 Å². The molecule has 20 heavy (non-hydrogen) atoms. The Balaban J connectivity index is 2.10. The molecule has 0 aliphatic carbocycles. The van der Waals surface area contributed by atoms with Gasteiger partial charge in [-0.3, -0.25) is 4.90 Å². The first-order chi connectivity index (χ1) is 8.95. The summed E-state index contributed by atoms with van der Waals surface area (Å²) >= 11 is 0. The van der Waals surface area contributed by atoms with Crippen LogP contribution in [0.15, 0.2) is 0 Å². The third kappa shape index (κ3) is 3.03. The minimum absolute atomic E-state index is 0.0387. The van der Waals surface area contributed by atoms with Gasteiger partial charge in [-0.05, 0) is 34.6 Å². The van der Waals surface area contributed by atoms with Crippen LogP contribution in [0.1, 0.15) is 34.6 Å². The molecule has 3 unspecified atom stereocenters. The van der Waals surface area contributed by atoms with E-state index < -0.39 is 9.84 Å². The Morgan fingerprint density at radius 3 is 2.30 bits per heavy atom. The second-order valence-electron chi connectivity index (χ2n) is 7.40. The number of hydrogen-bond acceptors (Lipinski definition) is 5. The van der Waals surface area contributed by atoms with Crippen LogP contribution in [0, 0.1) is 5.92 Å². The lowest BCUT2D eigenvalue weighted by molar-refractivity contribution is -0.0789. The molecule has 0 saturated carbocycles. The molecule has 0 aromatic heterocycles. The average molecular weight is 304 g/mol. The molecule has 0 aromatic rings. The maximum Gasteiger partial charge on any atom is 0.153 e. The molecular weight excluding hydrogens is 276 g/mol. The SMILES string of the molecule is CC1CS(=O)(=O)CCN1CC1C(N)C(C)(C)OC1(C)C. The molecule has 0 amide bonds. The van der Waals surface area contributed by atoms with E-state index in [2.05, 4.69) is 18.7 Å². The maximum absolute atomic E-state index is 11.7. The fourth-order valence-corrected chi connectivity index (χ4v) is 5.25. The van der Waals surface area contributed by atoms with Crippen molar-refractivity contribution in [2.75, 3.05) is 24.6 Å². The molecule has 0 aromatic carbocycles. The predicted molar refractivity (Wildman–Crippen MR) is 80.4 cm³/mol. The van der Waals surface area contributed by atoms with Crippen LogP contribution in [0.4, 0.5) is 0 Å². The highest BCUT2D eigenvalue weighted by molar-refractivity contribution is 7.91. The average Bonchev–Trinajstić information content (AvgIpc) is 2.38. The third-order valence-electron chi connectivity index (χ3n) is 4.89. The third-order valence-corrected chi connectivity index (χ3v) is 6.69. The van der Waals surface area contributed by atoms with Gasteiger partial charge in [0, 0.05) is 31.1 Å². The van der Waals surface area contributed by atoms with E-state index in [1.165, 1.54) is 0 Å². The molecule has 2 rings (SSSR count). The molecule has 0 bridgehead atoms. The van der Waals surface area contributed by atoms with Gasteiger partial charge in [0.2, 0.25) is 0 Å². The van der Waals surface area contributed by atoms with Crippen molar-refractivity contribution in [2.45, 2.75) is 57.9 Å². The first-order valence-electron chi connectivity index (χ1n) is 7.35. The van der Waals surface area contributed by atoms with Crippen molar-refractivity contribution in [3.8, 4) is 0 Å². The van der Waals surface area contributed by atoms with Gasteiger partial charge < -0.3 is 10.5 Å². The lowest BCUT2D eigenvalue weighted by atomic mass is 9.82. The smallest absolute Gasteiger partial charge is 0.153 e. The highest BCUT2D eigenvalue weighted by Gasteiger charge is 2.52. The van der Waals surface area contributed by atoms with Crippen molar-refractivity contribution in [1.82, 2.24) is 4.90 Å². The summed E-state index contributed by atoms with van der Waals surface area (Å²) in [7, 11) is -2.87. The van der Waals surface area contributed by atoms with Crippen molar-refractivity contribution in [2.24, 2.45) is 11.7 Å². The number of sulfone groups is 1. The Bertz CT molecular complexity index is 473. The molecule has 5 nitrogen and oxygen atoms in total. The monoisotopic (exact) mass is 304 g/mol.